The monoisotopic (exact) mass is 346 g/mol. The first kappa shape index (κ1) is 19.1. The number of hydrogen-bond acceptors (Lipinski definition) is 6. The highest BCUT2D eigenvalue weighted by Crippen LogP contribution is 2.23. The maximum absolute atomic E-state index is 12.1. The molecule has 6 heteroatoms. The van der Waals surface area contributed by atoms with E-state index in [9.17, 15) is 4.79 Å². The van der Waals surface area contributed by atoms with Gasteiger partial charge in [0.2, 0.25) is 5.89 Å². The van der Waals surface area contributed by atoms with Crippen molar-refractivity contribution < 1.29 is 18.7 Å². The van der Waals surface area contributed by atoms with Crippen molar-refractivity contribution in [3.63, 3.8) is 0 Å². The highest BCUT2D eigenvalue weighted by atomic mass is 16.6. The molecule has 0 aliphatic carbocycles. The highest BCUT2D eigenvalue weighted by Gasteiger charge is 2.23. The lowest BCUT2D eigenvalue weighted by molar-refractivity contribution is -0.162. The van der Waals surface area contributed by atoms with E-state index < -0.39 is 18.2 Å². The predicted molar refractivity (Wildman–Crippen MR) is 93.8 cm³/mol. The van der Waals surface area contributed by atoms with Gasteiger partial charge in [-0.25, -0.2) is 4.79 Å². The molecule has 0 fully saturated rings. The normalized spacial score (nSPS) is 13.7. The molecule has 25 heavy (non-hydrogen) atoms. The number of aromatic nitrogens is 2. The summed E-state index contributed by atoms with van der Waals surface area (Å²) < 4.78 is 16.5. The van der Waals surface area contributed by atoms with Crippen LogP contribution in [-0.2, 0) is 14.3 Å². The summed E-state index contributed by atoms with van der Waals surface area (Å²) in [5, 5.41) is 8.00. The van der Waals surface area contributed by atoms with Gasteiger partial charge in [0.25, 0.3) is 5.89 Å². The minimum Gasteiger partial charge on any atom is -0.451 e. The Bertz CT molecular complexity index is 679. The fraction of sp³-hybridized carbons (Fsp3) is 0.526. The molecule has 2 atom stereocenters. The van der Waals surface area contributed by atoms with Crippen LogP contribution in [0.15, 0.2) is 28.7 Å². The number of ether oxygens (including phenoxy) is 2. The fourth-order valence-electron chi connectivity index (χ4n) is 2.08. The summed E-state index contributed by atoms with van der Waals surface area (Å²) >= 11 is 0. The van der Waals surface area contributed by atoms with E-state index in [0.717, 1.165) is 17.5 Å². The number of aryl methyl sites for hydroxylation is 1. The van der Waals surface area contributed by atoms with Gasteiger partial charge in [-0.3, -0.25) is 0 Å². The second-order valence-electron chi connectivity index (χ2n) is 6.59. The van der Waals surface area contributed by atoms with Crippen LogP contribution >= 0.6 is 0 Å². The molecular formula is C19H26N2O4. The number of rotatable bonds is 8. The first-order chi connectivity index (χ1) is 11.9. The van der Waals surface area contributed by atoms with E-state index in [1.165, 1.54) is 0 Å². The van der Waals surface area contributed by atoms with E-state index >= 15 is 0 Å². The van der Waals surface area contributed by atoms with Gasteiger partial charge in [-0.2, -0.15) is 0 Å². The third-order valence-electron chi connectivity index (χ3n) is 3.77. The summed E-state index contributed by atoms with van der Waals surface area (Å²) in [6.07, 6.45) is -0.354. The van der Waals surface area contributed by atoms with Crippen molar-refractivity contribution in [3.05, 3.63) is 35.7 Å². The van der Waals surface area contributed by atoms with Crippen LogP contribution in [-0.4, -0.2) is 28.9 Å². The quantitative estimate of drug-likeness (QED) is 0.670. The molecule has 1 aromatic carbocycles. The summed E-state index contributed by atoms with van der Waals surface area (Å²) in [6, 6.07) is 7.76. The molecule has 0 aliphatic heterocycles. The van der Waals surface area contributed by atoms with Crippen molar-refractivity contribution in [1.29, 1.82) is 0 Å². The van der Waals surface area contributed by atoms with Gasteiger partial charge >= 0.3 is 5.97 Å². The van der Waals surface area contributed by atoms with Gasteiger partial charge in [0.1, 0.15) is 0 Å². The fourth-order valence-corrected chi connectivity index (χ4v) is 2.08. The Morgan fingerprint density at radius 2 is 1.80 bits per heavy atom. The molecule has 6 nitrogen and oxygen atoms in total. The maximum Gasteiger partial charge on any atom is 0.335 e. The van der Waals surface area contributed by atoms with Crippen LogP contribution in [0.5, 0.6) is 0 Å². The third kappa shape index (κ3) is 5.67. The molecule has 2 unspecified atom stereocenters. The molecule has 136 valence electrons. The van der Waals surface area contributed by atoms with Crippen molar-refractivity contribution in [2.24, 2.45) is 5.92 Å². The molecular weight excluding hydrogens is 320 g/mol. The largest absolute Gasteiger partial charge is 0.451 e. The van der Waals surface area contributed by atoms with Gasteiger partial charge in [-0.1, -0.05) is 31.5 Å². The summed E-state index contributed by atoms with van der Waals surface area (Å²) in [6.45, 7) is 10.1. The minimum absolute atomic E-state index is 0.262. The molecule has 0 amide bonds. The molecule has 0 radical (unpaired) electrons. The van der Waals surface area contributed by atoms with Gasteiger partial charge in [0, 0.05) is 12.2 Å². The molecule has 1 heterocycles. The molecule has 0 saturated carbocycles. The van der Waals surface area contributed by atoms with Crippen molar-refractivity contribution >= 4 is 5.97 Å². The van der Waals surface area contributed by atoms with Crippen LogP contribution in [0.1, 0.15) is 51.7 Å². The van der Waals surface area contributed by atoms with E-state index in [1.54, 1.807) is 13.8 Å². The number of benzene rings is 1. The third-order valence-corrected chi connectivity index (χ3v) is 3.77. The zero-order valence-electron chi connectivity index (χ0n) is 15.5. The Morgan fingerprint density at radius 1 is 1.12 bits per heavy atom. The lowest BCUT2D eigenvalue weighted by atomic mass is 10.1. The Morgan fingerprint density at radius 3 is 2.44 bits per heavy atom. The van der Waals surface area contributed by atoms with Gasteiger partial charge in [0.15, 0.2) is 12.2 Å². The van der Waals surface area contributed by atoms with Crippen LogP contribution in [0, 0.1) is 12.8 Å². The Balaban J connectivity index is 1.91. The molecule has 0 saturated heterocycles. The second kappa shape index (κ2) is 8.76. The standard InChI is InChI=1S/C19H26N2O4/c1-12(2)10-11-23-15(5)19(22)24-14(4)17-20-21-18(25-17)16-8-6-13(3)7-9-16/h6-9,12,14-15H,10-11H2,1-5H3. The molecule has 2 aromatic rings. The van der Waals surface area contributed by atoms with Gasteiger partial charge in [0.05, 0.1) is 0 Å². The summed E-state index contributed by atoms with van der Waals surface area (Å²) in [5.41, 5.74) is 1.98. The Kier molecular flexibility index (Phi) is 6.70. The molecule has 2 rings (SSSR count). The second-order valence-corrected chi connectivity index (χ2v) is 6.59. The van der Waals surface area contributed by atoms with Gasteiger partial charge in [-0.05, 0) is 45.2 Å². The zero-order valence-corrected chi connectivity index (χ0v) is 15.5. The van der Waals surface area contributed by atoms with Crippen LogP contribution < -0.4 is 0 Å². The molecule has 0 spiro atoms. The van der Waals surface area contributed by atoms with Crippen LogP contribution in [0.3, 0.4) is 0 Å². The van der Waals surface area contributed by atoms with E-state index in [0.29, 0.717) is 18.4 Å². The van der Waals surface area contributed by atoms with E-state index in [2.05, 4.69) is 24.0 Å². The number of carbonyl (C=O) groups excluding carboxylic acids is 1. The number of nitrogens with zero attached hydrogens (tertiary/aromatic N) is 2. The molecule has 1 aromatic heterocycles. The van der Waals surface area contributed by atoms with Crippen molar-refractivity contribution in [1.82, 2.24) is 10.2 Å². The highest BCUT2D eigenvalue weighted by molar-refractivity contribution is 5.74. The zero-order chi connectivity index (χ0) is 18.4. The Hall–Kier alpha value is -2.21. The average molecular weight is 346 g/mol. The number of hydrogen-bond donors (Lipinski definition) is 0. The van der Waals surface area contributed by atoms with Crippen LogP contribution in [0.2, 0.25) is 0 Å². The van der Waals surface area contributed by atoms with E-state index in [4.69, 9.17) is 13.9 Å². The first-order valence-electron chi connectivity index (χ1n) is 8.59. The SMILES string of the molecule is Cc1ccc(-c2nnc(C(C)OC(=O)C(C)OCCC(C)C)o2)cc1. The van der Waals surface area contributed by atoms with Crippen molar-refractivity contribution in [2.45, 2.75) is 53.2 Å². The first-order valence-corrected chi connectivity index (χ1v) is 8.59. The lowest BCUT2D eigenvalue weighted by Gasteiger charge is -2.15. The van der Waals surface area contributed by atoms with E-state index in [1.807, 2.05) is 31.2 Å². The molecule has 0 bridgehead atoms. The maximum atomic E-state index is 12.1. The van der Waals surface area contributed by atoms with Gasteiger partial charge < -0.3 is 13.9 Å². The van der Waals surface area contributed by atoms with Gasteiger partial charge in [-0.15, -0.1) is 10.2 Å². The smallest absolute Gasteiger partial charge is 0.335 e. The topological polar surface area (TPSA) is 74.5 Å². The van der Waals surface area contributed by atoms with E-state index in [-0.39, 0.29) is 5.89 Å². The predicted octanol–water partition coefficient (Wildman–Crippen LogP) is 4.10. The number of esters is 1. The average Bonchev–Trinajstić information content (AvgIpc) is 3.05. The molecule has 0 aliphatic rings. The number of carbonyl (C=O) groups is 1. The van der Waals surface area contributed by atoms with Crippen molar-refractivity contribution in [3.8, 4) is 11.5 Å². The summed E-state index contributed by atoms with van der Waals surface area (Å²) in [4.78, 5) is 12.1. The molecule has 0 N–H and O–H groups in total. The lowest BCUT2D eigenvalue weighted by Crippen LogP contribution is -2.25. The minimum atomic E-state index is -0.629. The summed E-state index contributed by atoms with van der Waals surface area (Å²) in [7, 11) is 0. The van der Waals surface area contributed by atoms with Crippen LogP contribution in [0.4, 0.5) is 0 Å². The summed E-state index contributed by atoms with van der Waals surface area (Å²) in [5.74, 6) is 0.754. The van der Waals surface area contributed by atoms with Crippen molar-refractivity contribution in [2.75, 3.05) is 6.61 Å². The van der Waals surface area contributed by atoms with Crippen LogP contribution in [0.25, 0.3) is 11.5 Å². The Labute approximate surface area is 148 Å².